The maximum Gasteiger partial charge on any atom is 0.273 e. The number of aliphatic hydroxyl groups excluding tert-OH is 1. The zero-order valence-corrected chi connectivity index (χ0v) is 10.00. The monoisotopic (exact) mass is 250 g/mol. The number of amides is 1. The Morgan fingerprint density at radius 3 is 2.78 bits per heavy atom. The number of hydrogen-bond donors (Lipinski definition) is 1. The minimum absolute atomic E-state index is 0.0416. The van der Waals surface area contributed by atoms with Gasteiger partial charge in [-0.3, -0.25) is 14.9 Å². The number of nitrogens with zero attached hydrogens (tertiary/aromatic N) is 2. The van der Waals surface area contributed by atoms with Crippen molar-refractivity contribution < 1.29 is 14.8 Å². The lowest BCUT2D eigenvalue weighted by Gasteiger charge is -2.38. The first-order chi connectivity index (χ1) is 8.54. The molecular formula is C12H14N2O4. The Hall–Kier alpha value is -1.95. The molecule has 0 aromatic heterocycles. The fraction of sp³-hybridized carbons (Fsp3) is 0.417. The van der Waals surface area contributed by atoms with E-state index < -0.39 is 4.92 Å². The third-order valence-electron chi connectivity index (χ3n) is 3.23. The molecule has 1 aliphatic rings. The summed E-state index contributed by atoms with van der Waals surface area (Å²) in [7, 11) is 0. The summed E-state index contributed by atoms with van der Waals surface area (Å²) in [5.74, 6) is -0.0751. The molecule has 1 heterocycles. The van der Waals surface area contributed by atoms with Crippen molar-refractivity contribution in [2.45, 2.75) is 6.92 Å². The topological polar surface area (TPSA) is 83.7 Å². The second-order valence-corrected chi connectivity index (χ2v) is 4.47. The van der Waals surface area contributed by atoms with E-state index in [1.54, 1.807) is 17.9 Å². The number of nitro benzene ring substituents is 1. The van der Waals surface area contributed by atoms with E-state index in [4.69, 9.17) is 5.11 Å². The molecule has 1 fully saturated rings. The second-order valence-electron chi connectivity index (χ2n) is 4.47. The molecule has 0 atom stereocenters. The summed E-state index contributed by atoms with van der Waals surface area (Å²) in [5.41, 5.74) is 0.709. The normalized spacial score (nSPS) is 15.3. The third-order valence-corrected chi connectivity index (χ3v) is 3.23. The molecular weight excluding hydrogens is 236 g/mol. The fourth-order valence-electron chi connectivity index (χ4n) is 2.07. The molecule has 1 N–H and O–H groups in total. The van der Waals surface area contributed by atoms with Crippen molar-refractivity contribution in [3.8, 4) is 0 Å². The van der Waals surface area contributed by atoms with Crippen LogP contribution in [0.1, 0.15) is 15.9 Å². The first kappa shape index (κ1) is 12.5. The first-order valence-corrected chi connectivity index (χ1v) is 5.68. The highest BCUT2D eigenvalue weighted by atomic mass is 16.6. The summed E-state index contributed by atoms with van der Waals surface area (Å²) in [6.45, 7) is 2.67. The molecule has 0 unspecified atom stereocenters. The molecule has 1 amide bonds. The van der Waals surface area contributed by atoms with Crippen molar-refractivity contribution in [1.29, 1.82) is 0 Å². The summed E-state index contributed by atoms with van der Waals surface area (Å²) in [5, 5.41) is 19.7. The van der Waals surface area contributed by atoms with E-state index in [1.165, 1.54) is 12.1 Å². The molecule has 1 aromatic carbocycles. The molecule has 18 heavy (non-hydrogen) atoms. The number of nitro groups is 1. The zero-order valence-electron chi connectivity index (χ0n) is 10.00. The number of carbonyl (C=O) groups excluding carboxylic acids is 1. The average Bonchev–Trinajstić information content (AvgIpc) is 2.27. The molecule has 1 aromatic rings. The zero-order chi connectivity index (χ0) is 13.3. The summed E-state index contributed by atoms with van der Waals surface area (Å²) in [6.07, 6.45) is 0. The molecule has 0 saturated carbocycles. The number of hydrogen-bond acceptors (Lipinski definition) is 4. The lowest BCUT2D eigenvalue weighted by molar-refractivity contribution is -0.385. The molecule has 96 valence electrons. The molecule has 2 rings (SSSR count). The van der Waals surface area contributed by atoms with Crippen LogP contribution in [0.4, 0.5) is 5.69 Å². The van der Waals surface area contributed by atoms with Gasteiger partial charge in [0, 0.05) is 42.8 Å². The van der Waals surface area contributed by atoms with Crippen LogP contribution in [0.25, 0.3) is 0 Å². The van der Waals surface area contributed by atoms with Crippen LogP contribution in [-0.2, 0) is 0 Å². The highest BCUT2D eigenvalue weighted by molar-refractivity contribution is 5.97. The molecule has 1 aliphatic heterocycles. The highest BCUT2D eigenvalue weighted by Gasteiger charge is 2.32. The van der Waals surface area contributed by atoms with Crippen LogP contribution in [0.2, 0.25) is 0 Å². The summed E-state index contributed by atoms with van der Waals surface area (Å²) in [4.78, 5) is 24.0. The van der Waals surface area contributed by atoms with Gasteiger partial charge >= 0.3 is 0 Å². The van der Waals surface area contributed by atoms with Crippen LogP contribution in [-0.4, -0.2) is 40.5 Å². The van der Waals surface area contributed by atoms with E-state index in [0.717, 1.165) is 0 Å². The number of likely N-dealkylation sites (tertiary alicyclic amines) is 1. The van der Waals surface area contributed by atoms with Crippen molar-refractivity contribution in [2.24, 2.45) is 5.92 Å². The van der Waals surface area contributed by atoms with Gasteiger partial charge in [-0.2, -0.15) is 0 Å². The minimum atomic E-state index is -0.487. The third kappa shape index (κ3) is 2.06. The lowest BCUT2D eigenvalue weighted by Crippen LogP contribution is -2.51. The fourth-order valence-corrected chi connectivity index (χ4v) is 2.07. The van der Waals surface area contributed by atoms with Crippen molar-refractivity contribution in [3.63, 3.8) is 0 Å². The van der Waals surface area contributed by atoms with Gasteiger partial charge in [-0.05, 0) is 13.0 Å². The minimum Gasteiger partial charge on any atom is -0.396 e. The van der Waals surface area contributed by atoms with Crippen LogP contribution in [0, 0.1) is 23.0 Å². The van der Waals surface area contributed by atoms with Gasteiger partial charge in [0.05, 0.1) is 4.92 Å². The van der Waals surface area contributed by atoms with Gasteiger partial charge in [0.25, 0.3) is 11.6 Å². The van der Waals surface area contributed by atoms with Gasteiger partial charge in [0.15, 0.2) is 0 Å². The van der Waals surface area contributed by atoms with Crippen LogP contribution in [0.5, 0.6) is 0 Å². The second kappa shape index (κ2) is 4.73. The smallest absolute Gasteiger partial charge is 0.273 e. The summed E-state index contributed by atoms with van der Waals surface area (Å²) in [6, 6.07) is 4.50. The van der Waals surface area contributed by atoms with E-state index in [0.29, 0.717) is 24.2 Å². The van der Waals surface area contributed by atoms with Crippen LogP contribution >= 0.6 is 0 Å². The molecule has 0 bridgehead atoms. The van der Waals surface area contributed by atoms with Gasteiger partial charge in [0.2, 0.25) is 0 Å². The Morgan fingerprint density at radius 2 is 2.22 bits per heavy atom. The quantitative estimate of drug-likeness (QED) is 0.640. The maximum absolute atomic E-state index is 12.1. The van der Waals surface area contributed by atoms with Gasteiger partial charge in [-0.25, -0.2) is 0 Å². The molecule has 0 radical (unpaired) electrons. The van der Waals surface area contributed by atoms with Gasteiger partial charge in [0.1, 0.15) is 0 Å². The molecule has 0 aliphatic carbocycles. The van der Waals surface area contributed by atoms with Crippen molar-refractivity contribution >= 4 is 11.6 Å². The lowest BCUT2D eigenvalue weighted by atomic mass is 9.98. The van der Waals surface area contributed by atoms with Crippen LogP contribution < -0.4 is 0 Å². The van der Waals surface area contributed by atoms with E-state index in [2.05, 4.69) is 0 Å². The average molecular weight is 250 g/mol. The van der Waals surface area contributed by atoms with E-state index in [9.17, 15) is 14.9 Å². The Kier molecular flexibility index (Phi) is 3.29. The van der Waals surface area contributed by atoms with Crippen LogP contribution in [0.3, 0.4) is 0 Å². The van der Waals surface area contributed by atoms with E-state index >= 15 is 0 Å². The molecule has 1 saturated heterocycles. The Bertz CT molecular complexity index is 495. The number of rotatable bonds is 3. The number of benzene rings is 1. The summed E-state index contributed by atoms with van der Waals surface area (Å²) < 4.78 is 0. The Morgan fingerprint density at radius 1 is 1.56 bits per heavy atom. The standard InChI is InChI=1S/C12H14N2O4/c1-8-10(3-2-4-11(8)14(17)18)12(16)13-5-9(6-13)7-15/h2-4,9,15H,5-7H2,1H3. The number of carbonyl (C=O) groups is 1. The predicted molar refractivity (Wildman–Crippen MR) is 64.3 cm³/mol. The van der Waals surface area contributed by atoms with E-state index in [1.807, 2.05) is 0 Å². The molecule has 6 heteroatoms. The first-order valence-electron chi connectivity index (χ1n) is 5.68. The van der Waals surface area contributed by atoms with Crippen molar-refractivity contribution in [1.82, 2.24) is 4.90 Å². The van der Waals surface area contributed by atoms with Crippen LogP contribution in [0.15, 0.2) is 18.2 Å². The van der Waals surface area contributed by atoms with Gasteiger partial charge in [-0.1, -0.05) is 6.07 Å². The molecule has 0 spiro atoms. The van der Waals surface area contributed by atoms with Crippen molar-refractivity contribution in [3.05, 3.63) is 39.4 Å². The Balaban J connectivity index is 2.21. The number of aliphatic hydroxyl groups is 1. The Labute approximate surface area is 104 Å². The van der Waals surface area contributed by atoms with Gasteiger partial charge in [-0.15, -0.1) is 0 Å². The predicted octanol–water partition coefficient (Wildman–Crippen LogP) is 0.968. The van der Waals surface area contributed by atoms with E-state index in [-0.39, 0.29) is 24.1 Å². The molecule has 6 nitrogen and oxygen atoms in total. The highest BCUT2D eigenvalue weighted by Crippen LogP contribution is 2.25. The van der Waals surface area contributed by atoms with Gasteiger partial charge < -0.3 is 10.0 Å². The van der Waals surface area contributed by atoms with Crippen molar-refractivity contribution in [2.75, 3.05) is 19.7 Å². The maximum atomic E-state index is 12.1. The summed E-state index contributed by atoms with van der Waals surface area (Å²) >= 11 is 0. The largest absolute Gasteiger partial charge is 0.396 e. The SMILES string of the molecule is Cc1c(C(=O)N2CC(CO)C2)cccc1[N+](=O)[O-].